The van der Waals surface area contributed by atoms with Gasteiger partial charge in [0.2, 0.25) is 0 Å². The fourth-order valence-corrected chi connectivity index (χ4v) is 3.79. The SMILES string of the molecule is NC(N)=NCCc1ccc(OCCC2Oc3ccccc3N(Cc3cccc(F)c3)C2=O)cc1. The number of benzene rings is 3. The van der Waals surface area contributed by atoms with Crippen LogP contribution in [-0.4, -0.2) is 31.1 Å². The van der Waals surface area contributed by atoms with Gasteiger partial charge in [0.1, 0.15) is 17.3 Å². The Bertz CT molecular complexity index is 1160. The first-order valence-electron chi connectivity index (χ1n) is 11.1. The lowest BCUT2D eigenvalue weighted by Crippen LogP contribution is -2.46. The predicted octanol–water partition coefficient (Wildman–Crippen LogP) is 3.40. The summed E-state index contributed by atoms with van der Waals surface area (Å²) in [5, 5.41) is 0. The second kappa shape index (κ2) is 10.7. The number of carbonyl (C=O) groups excluding carboxylic acids is 1. The van der Waals surface area contributed by atoms with E-state index in [0.29, 0.717) is 42.3 Å². The van der Waals surface area contributed by atoms with Crippen molar-refractivity contribution in [1.29, 1.82) is 0 Å². The normalized spacial score (nSPS) is 14.8. The number of amides is 1. The molecule has 0 aliphatic carbocycles. The van der Waals surface area contributed by atoms with Crippen LogP contribution < -0.4 is 25.8 Å². The van der Waals surface area contributed by atoms with Crippen LogP contribution in [0.4, 0.5) is 10.1 Å². The molecule has 3 aromatic rings. The van der Waals surface area contributed by atoms with Crippen molar-refractivity contribution < 1.29 is 18.7 Å². The molecule has 0 aromatic heterocycles. The molecule has 1 amide bonds. The number of para-hydroxylation sites is 2. The summed E-state index contributed by atoms with van der Waals surface area (Å²) in [6, 6.07) is 21.3. The molecule has 1 atom stereocenters. The Balaban J connectivity index is 1.37. The van der Waals surface area contributed by atoms with Gasteiger partial charge in [-0.15, -0.1) is 0 Å². The van der Waals surface area contributed by atoms with Crippen molar-refractivity contribution in [2.75, 3.05) is 18.1 Å². The molecular formula is C26H27FN4O3. The third-order valence-corrected chi connectivity index (χ3v) is 5.46. The number of halogens is 1. The molecule has 8 heteroatoms. The Kier molecular flexibility index (Phi) is 7.27. The van der Waals surface area contributed by atoms with Crippen molar-refractivity contribution in [1.82, 2.24) is 0 Å². The standard InChI is InChI=1S/C26H27FN4O3/c27-20-5-3-4-19(16-20)17-31-22-6-1-2-7-23(22)34-24(25(31)32)13-15-33-21-10-8-18(9-11-21)12-14-30-26(28)29/h1-11,16,24H,12-15,17H2,(H4,28,29,30). The second-order valence-electron chi connectivity index (χ2n) is 7.97. The van der Waals surface area contributed by atoms with Crippen LogP contribution in [0.3, 0.4) is 0 Å². The first-order valence-corrected chi connectivity index (χ1v) is 11.1. The largest absolute Gasteiger partial charge is 0.493 e. The van der Waals surface area contributed by atoms with Gasteiger partial charge in [-0.25, -0.2) is 4.39 Å². The Morgan fingerprint density at radius 2 is 1.82 bits per heavy atom. The van der Waals surface area contributed by atoms with E-state index in [2.05, 4.69) is 4.99 Å². The van der Waals surface area contributed by atoms with Gasteiger partial charge in [-0.1, -0.05) is 36.4 Å². The van der Waals surface area contributed by atoms with Crippen LogP contribution in [0.5, 0.6) is 11.5 Å². The van der Waals surface area contributed by atoms with Crippen molar-refractivity contribution in [3.05, 3.63) is 89.7 Å². The van der Waals surface area contributed by atoms with Crippen molar-refractivity contribution in [3.8, 4) is 11.5 Å². The number of nitrogens with two attached hydrogens (primary N) is 2. The van der Waals surface area contributed by atoms with Crippen LogP contribution in [0.15, 0.2) is 77.8 Å². The maximum Gasteiger partial charge on any atom is 0.268 e. The number of ether oxygens (including phenoxy) is 2. The first kappa shape index (κ1) is 23.1. The number of hydrogen-bond donors (Lipinski definition) is 2. The van der Waals surface area contributed by atoms with Gasteiger partial charge in [-0.05, 0) is 53.9 Å². The smallest absolute Gasteiger partial charge is 0.268 e. The monoisotopic (exact) mass is 462 g/mol. The molecule has 1 unspecified atom stereocenters. The highest BCUT2D eigenvalue weighted by molar-refractivity contribution is 5.99. The average Bonchev–Trinajstić information content (AvgIpc) is 2.82. The number of guanidine groups is 1. The molecule has 0 saturated heterocycles. The van der Waals surface area contributed by atoms with Crippen molar-refractivity contribution in [2.24, 2.45) is 16.5 Å². The van der Waals surface area contributed by atoms with Crippen LogP contribution >= 0.6 is 0 Å². The van der Waals surface area contributed by atoms with Gasteiger partial charge >= 0.3 is 0 Å². The predicted molar refractivity (Wildman–Crippen MR) is 129 cm³/mol. The van der Waals surface area contributed by atoms with E-state index in [1.54, 1.807) is 17.0 Å². The van der Waals surface area contributed by atoms with Crippen molar-refractivity contribution in [2.45, 2.75) is 25.5 Å². The van der Waals surface area contributed by atoms with Crippen LogP contribution in [-0.2, 0) is 17.8 Å². The maximum atomic E-state index is 13.7. The molecule has 1 aliphatic heterocycles. The summed E-state index contributed by atoms with van der Waals surface area (Å²) in [6.07, 6.45) is 0.407. The molecule has 4 rings (SSSR count). The molecule has 0 bridgehead atoms. The zero-order valence-corrected chi connectivity index (χ0v) is 18.7. The van der Waals surface area contributed by atoms with Gasteiger partial charge in [-0.2, -0.15) is 0 Å². The molecular weight excluding hydrogens is 435 g/mol. The number of anilines is 1. The highest BCUT2D eigenvalue weighted by Crippen LogP contribution is 2.35. The zero-order chi connectivity index (χ0) is 23.9. The lowest BCUT2D eigenvalue weighted by molar-refractivity contribution is -0.127. The number of carbonyl (C=O) groups is 1. The summed E-state index contributed by atoms with van der Waals surface area (Å²) in [5.41, 5.74) is 13.2. The van der Waals surface area contributed by atoms with E-state index < -0.39 is 6.10 Å². The summed E-state index contributed by atoms with van der Waals surface area (Å²) in [7, 11) is 0. The summed E-state index contributed by atoms with van der Waals surface area (Å²) in [6.45, 7) is 1.09. The minimum atomic E-state index is -0.692. The Labute approximate surface area is 197 Å². The molecule has 34 heavy (non-hydrogen) atoms. The van der Waals surface area contributed by atoms with E-state index in [1.807, 2.05) is 48.5 Å². The zero-order valence-electron chi connectivity index (χ0n) is 18.7. The quantitative estimate of drug-likeness (QED) is 0.375. The van der Waals surface area contributed by atoms with Gasteiger partial charge in [0, 0.05) is 13.0 Å². The number of hydrogen-bond acceptors (Lipinski definition) is 4. The second-order valence-corrected chi connectivity index (χ2v) is 7.97. The van der Waals surface area contributed by atoms with Crippen LogP contribution in [0.25, 0.3) is 0 Å². The van der Waals surface area contributed by atoms with Crippen molar-refractivity contribution in [3.63, 3.8) is 0 Å². The van der Waals surface area contributed by atoms with E-state index in [1.165, 1.54) is 12.1 Å². The lowest BCUT2D eigenvalue weighted by Gasteiger charge is -2.34. The van der Waals surface area contributed by atoms with Crippen LogP contribution in [0, 0.1) is 5.82 Å². The first-order chi connectivity index (χ1) is 16.5. The van der Waals surface area contributed by atoms with Gasteiger partial charge in [0.05, 0.1) is 18.8 Å². The van der Waals surface area contributed by atoms with Gasteiger partial charge in [0.15, 0.2) is 12.1 Å². The minimum absolute atomic E-state index is 0.0801. The number of nitrogens with zero attached hydrogens (tertiary/aromatic N) is 2. The van der Waals surface area contributed by atoms with E-state index in [9.17, 15) is 9.18 Å². The van der Waals surface area contributed by atoms with E-state index >= 15 is 0 Å². The molecule has 176 valence electrons. The highest BCUT2D eigenvalue weighted by atomic mass is 19.1. The molecule has 1 heterocycles. The third-order valence-electron chi connectivity index (χ3n) is 5.46. The van der Waals surface area contributed by atoms with Gasteiger partial charge in [-0.3, -0.25) is 9.79 Å². The van der Waals surface area contributed by atoms with Crippen molar-refractivity contribution >= 4 is 17.6 Å². The summed E-state index contributed by atoms with van der Waals surface area (Å²) < 4.78 is 25.5. The van der Waals surface area contributed by atoms with E-state index in [-0.39, 0.29) is 24.2 Å². The molecule has 0 radical (unpaired) electrons. The maximum absolute atomic E-state index is 13.7. The Hall–Kier alpha value is -4.07. The van der Waals surface area contributed by atoms with E-state index in [0.717, 1.165) is 12.0 Å². The molecule has 0 fully saturated rings. The molecule has 0 saturated carbocycles. The van der Waals surface area contributed by atoms with Gasteiger partial charge < -0.3 is 25.8 Å². The molecule has 4 N–H and O–H groups in total. The summed E-state index contributed by atoms with van der Waals surface area (Å²) in [4.78, 5) is 18.9. The van der Waals surface area contributed by atoms with E-state index in [4.69, 9.17) is 20.9 Å². The number of fused-ring (bicyclic) bond motifs is 1. The fraction of sp³-hybridized carbons (Fsp3) is 0.231. The van der Waals surface area contributed by atoms with Gasteiger partial charge in [0.25, 0.3) is 5.91 Å². The molecule has 3 aromatic carbocycles. The highest BCUT2D eigenvalue weighted by Gasteiger charge is 2.34. The number of rotatable bonds is 9. The Morgan fingerprint density at radius 3 is 2.59 bits per heavy atom. The average molecular weight is 463 g/mol. The topological polar surface area (TPSA) is 103 Å². The van der Waals surface area contributed by atoms with Crippen LogP contribution in [0.1, 0.15) is 17.5 Å². The third kappa shape index (κ3) is 5.83. The molecule has 7 nitrogen and oxygen atoms in total. The fourth-order valence-electron chi connectivity index (χ4n) is 3.79. The Morgan fingerprint density at radius 1 is 1.03 bits per heavy atom. The lowest BCUT2D eigenvalue weighted by atomic mass is 10.1. The minimum Gasteiger partial charge on any atom is -0.493 e. The summed E-state index contributed by atoms with van der Waals surface area (Å²) in [5.74, 6) is 0.886. The molecule has 0 spiro atoms. The number of aliphatic imine (C=N–C) groups is 1. The molecule has 1 aliphatic rings. The van der Waals surface area contributed by atoms with Crippen LogP contribution in [0.2, 0.25) is 0 Å². The summed E-state index contributed by atoms with van der Waals surface area (Å²) >= 11 is 0.